The van der Waals surface area contributed by atoms with Crippen molar-refractivity contribution < 1.29 is 9.18 Å². The summed E-state index contributed by atoms with van der Waals surface area (Å²) in [5.41, 5.74) is 0.917. The lowest BCUT2D eigenvalue weighted by Gasteiger charge is -2.35. The van der Waals surface area contributed by atoms with Gasteiger partial charge >= 0.3 is 0 Å². The quantitative estimate of drug-likeness (QED) is 0.729. The highest BCUT2D eigenvalue weighted by atomic mass is 35.5. The van der Waals surface area contributed by atoms with Crippen LogP contribution in [0.1, 0.15) is 19.4 Å². The smallest absolute Gasteiger partial charge is 0.236 e. The topological polar surface area (TPSA) is 50.6 Å². The molecule has 0 aromatic heterocycles. The molecule has 1 aliphatic heterocycles. The van der Waals surface area contributed by atoms with Crippen LogP contribution in [0, 0.1) is 23.1 Å². The normalized spacial score (nSPS) is 16.9. The van der Waals surface area contributed by atoms with Crippen molar-refractivity contribution in [1.29, 1.82) is 5.26 Å². The van der Waals surface area contributed by atoms with Gasteiger partial charge in [0, 0.05) is 50.8 Å². The molecule has 1 amide bonds. The van der Waals surface area contributed by atoms with Crippen LogP contribution >= 0.6 is 11.6 Å². The number of hydrogen-bond donors (Lipinski definition) is 0. The van der Waals surface area contributed by atoms with Crippen LogP contribution in [0.4, 0.5) is 4.39 Å². The van der Waals surface area contributed by atoms with E-state index in [9.17, 15) is 9.18 Å². The highest BCUT2D eigenvalue weighted by Gasteiger charge is 2.22. The number of benzene rings is 1. The Morgan fingerprint density at radius 3 is 2.58 bits per heavy atom. The van der Waals surface area contributed by atoms with E-state index in [2.05, 4.69) is 15.9 Å². The number of rotatable bonds is 7. The second-order valence-electron chi connectivity index (χ2n) is 6.75. The lowest BCUT2D eigenvalue weighted by molar-refractivity contribution is -0.133. The Hall–Kier alpha value is -1.68. The monoisotopic (exact) mass is 380 g/mol. The van der Waals surface area contributed by atoms with E-state index in [1.54, 1.807) is 11.0 Å². The molecule has 7 heteroatoms. The summed E-state index contributed by atoms with van der Waals surface area (Å²) in [4.78, 5) is 18.6. The van der Waals surface area contributed by atoms with Crippen molar-refractivity contribution in [2.75, 3.05) is 45.8 Å². The lowest BCUT2D eigenvalue weighted by Crippen LogP contribution is -2.50. The second-order valence-corrected chi connectivity index (χ2v) is 7.16. The summed E-state index contributed by atoms with van der Waals surface area (Å²) in [5, 5.41) is 9.38. The molecule has 1 saturated heterocycles. The first-order valence-electron chi connectivity index (χ1n) is 8.99. The van der Waals surface area contributed by atoms with Crippen LogP contribution in [0.5, 0.6) is 0 Å². The standard InChI is InChI=1S/C19H26ClFN4O/c1-3-25(12-15(2)11-22)19(26)14-24-8-6-23(7-9-24)13-16-4-5-17(21)10-18(16)20/h4-5,10,15H,3,6-9,12-14H2,1-2H3. The van der Waals surface area contributed by atoms with E-state index in [4.69, 9.17) is 16.9 Å². The largest absolute Gasteiger partial charge is 0.341 e. The molecule has 1 fully saturated rings. The number of carbonyl (C=O) groups excluding carboxylic acids is 1. The van der Waals surface area contributed by atoms with Gasteiger partial charge in [0.05, 0.1) is 18.5 Å². The number of piperazine rings is 1. The maximum atomic E-state index is 13.1. The fraction of sp³-hybridized carbons (Fsp3) is 0.579. The SMILES string of the molecule is CCN(CC(C)C#N)C(=O)CN1CCN(Cc2ccc(F)cc2Cl)CC1. The summed E-state index contributed by atoms with van der Waals surface area (Å²) in [7, 11) is 0. The molecule has 0 radical (unpaired) electrons. The van der Waals surface area contributed by atoms with Gasteiger partial charge in [0.15, 0.2) is 0 Å². The molecule has 142 valence electrons. The predicted octanol–water partition coefficient (Wildman–Crippen LogP) is 2.60. The van der Waals surface area contributed by atoms with Crippen LogP contribution in [0.25, 0.3) is 0 Å². The summed E-state index contributed by atoms with van der Waals surface area (Å²) in [6.45, 7) is 9.21. The lowest BCUT2D eigenvalue weighted by atomic mass is 10.2. The number of halogens is 2. The molecule has 5 nitrogen and oxygen atoms in total. The molecule has 0 saturated carbocycles. The van der Waals surface area contributed by atoms with Crippen LogP contribution in [0.2, 0.25) is 5.02 Å². The number of nitriles is 1. The fourth-order valence-corrected chi connectivity index (χ4v) is 3.29. The molecule has 1 aromatic rings. The van der Waals surface area contributed by atoms with Crippen LogP contribution in [0.3, 0.4) is 0 Å². The molecule has 0 bridgehead atoms. The zero-order valence-corrected chi connectivity index (χ0v) is 16.2. The summed E-state index contributed by atoms with van der Waals surface area (Å²) in [6.07, 6.45) is 0. The Labute approximate surface area is 159 Å². The van der Waals surface area contributed by atoms with Crippen LogP contribution in [-0.4, -0.2) is 66.4 Å². The first kappa shape index (κ1) is 20.6. The molecule has 0 spiro atoms. The number of hydrogen-bond acceptors (Lipinski definition) is 4. The minimum atomic E-state index is -0.326. The van der Waals surface area contributed by atoms with E-state index in [0.717, 1.165) is 31.7 Å². The Morgan fingerprint density at radius 1 is 1.35 bits per heavy atom. The van der Waals surface area contributed by atoms with Crippen LogP contribution < -0.4 is 0 Å². The van der Waals surface area contributed by atoms with Gasteiger partial charge in [-0.2, -0.15) is 5.26 Å². The molecule has 0 aliphatic carbocycles. The number of likely N-dealkylation sites (N-methyl/N-ethyl adjacent to an activating group) is 1. The Kier molecular flexibility index (Phi) is 7.83. The molecular formula is C19H26ClFN4O. The third kappa shape index (κ3) is 5.94. The van der Waals surface area contributed by atoms with Gasteiger partial charge in [-0.05, 0) is 31.5 Å². The Morgan fingerprint density at radius 2 is 2.00 bits per heavy atom. The third-order valence-electron chi connectivity index (χ3n) is 4.68. The van der Waals surface area contributed by atoms with Crippen LogP contribution in [-0.2, 0) is 11.3 Å². The average molecular weight is 381 g/mol. The van der Waals surface area contributed by atoms with Gasteiger partial charge in [-0.25, -0.2) is 4.39 Å². The van der Waals surface area contributed by atoms with Crippen molar-refractivity contribution in [2.45, 2.75) is 20.4 Å². The minimum Gasteiger partial charge on any atom is -0.341 e. The Balaban J connectivity index is 1.80. The number of carbonyl (C=O) groups is 1. The van der Waals surface area contributed by atoms with E-state index >= 15 is 0 Å². The van der Waals surface area contributed by atoms with Gasteiger partial charge in [0.1, 0.15) is 5.82 Å². The zero-order valence-electron chi connectivity index (χ0n) is 15.4. The van der Waals surface area contributed by atoms with E-state index < -0.39 is 0 Å². The molecule has 2 rings (SSSR count). The second kappa shape index (κ2) is 9.86. The zero-order chi connectivity index (χ0) is 19.1. The predicted molar refractivity (Wildman–Crippen MR) is 100 cm³/mol. The summed E-state index contributed by atoms with van der Waals surface area (Å²) in [6, 6.07) is 6.67. The number of amides is 1. The molecule has 1 aromatic carbocycles. The van der Waals surface area contributed by atoms with Crippen LogP contribution in [0.15, 0.2) is 18.2 Å². The van der Waals surface area contributed by atoms with Crippen molar-refractivity contribution in [3.63, 3.8) is 0 Å². The van der Waals surface area contributed by atoms with Gasteiger partial charge in [0.2, 0.25) is 5.91 Å². The summed E-state index contributed by atoms with van der Waals surface area (Å²) in [5.74, 6) is -0.408. The van der Waals surface area contributed by atoms with E-state index in [-0.39, 0.29) is 17.6 Å². The number of nitrogens with zero attached hydrogens (tertiary/aromatic N) is 4. The molecule has 1 unspecified atom stereocenters. The molecule has 1 heterocycles. The van der Waals surface area contributed by atoms with Crippen molar-refractivity contribution in [3.05, 3.63) is 34.6 Å². The Bertz CT molecular complexity index is 655. The van der Waals surface area contributed by atoms with E-state index in [0.29, 0.717) is 31.2 Å². The summed E-state index contributed by atoms with van der Waals surface area (Å²) >= 11 is 6.10. The van der Waals surface area contributed by atoms with E-state index in [1.165, 1.54) is 12.1 Å². The highest BCUT2D eigenvalue weighted by molar-refractivity contribution is 6.31. The van der Waals surface area contributed by atoms with Gasteiger partial charge in [0.25, 0.3) is 0 Å². The third-order valence-corrected chi connectivity index (χ3v) is 5.03. The molecule has 1 aliphatic rings. The molecule has 26 heavy (non-hydrogen) atoms. The van der Waals surface area contributed by atoms with Gasteiger partial charge in [-0.3, -0.25) is 14.6 Å². The van der Waals surface area contributed by atoms with Crippen molar-refractivity contribution in [3.8, 4) is 6.07 Å². The highest BCUT2D eigenvalue weighted by Crippen LogP contribution is 2.19. The first-order chi connectivity index (χ1) is 12.4. The maximum Gasteiger partial charge on any atom is 0.236 e. The molecule has 1 atom stereocenters. The van der Waals surface area contributed by atoms with Crippen molar-refractivity contribution in [1.82, 2.24) is 14.7 Å². The van der Waals surface area contributed by atoms with Crippen molar-refractivity contribution in [2.24, 2.45) is 5.92 Å². The van der Waals surface area contributed by atoms with Gasteiger partial charge in [-0.1, -0.05) is 17.7 Å². The minimum absolute atomic E-state index is 0.0737. The van der Waals surface area contributed by atoms with Gasteiger partial charge in [-0.15, -0.1) is 0 Å². The van der Waals surface area contributed by atoms with Crippen molar-refractivity contribution >= 4 is 17.5 Å². The fourth-order valence-electron chi connectivity index (χ4n) is 3.07. The van der Waals surface area contributed by atoms with Gasteiger partial charge < -0.3 is 4.90 Å². The average Bonchev–Trinajstić information content (AvgIpc) is 2.63. The summed E-state index contributed by atoms with van der Waals surface area (Å²) < 4.78 is 13.1. The maximum absolute atomic E-state index is 13.1. The van der Waals surface area contributed by atoms with E-state index in [1.807, 2.05) is 13.8 Å². The molecule has 0 N–H and O–H groups in total. The first-order valence-corrected chi connectivity index (χ1v) is 9.36. The molecular weight excluding hydrogens is 355 g/mol.